The lowest BCUT2D eigenvalue weighted by Crippen LogP contribution is -2.56. The minimum Gasteiger partial charge on any atom is -0.343 e. The van der Waals surface area contributed by atoms with Crippen LogP contribution in [0.15, 0.2) is 72.9 Å². The first kappa shape index (κ1) is 25.1. The third kappa shape index (κ3) is 5.28. The van der Waals surface area contributed by atoms with Crippen LogP contribution in [0.2, 0.25) is 0 Å². The van der Waals surface area contributed by atoms with E-state index in [0.29, 0.717) is 17.9 Å². The van der Waals surface area contributed by atoms with Crippen LogP contribution in [0, 0.1) is 5.92 Å². The molecule has 0 radical (unpaired) electrons. The highest BCUT2D eigenvalue weighted by Crippen LogP contribution is 2.33. The molecule has 3 aromatic rings. The van der Waals surface area contributed by atoms with Gasteiger partial charge in [-0.25, -0.2) is 4.98 Å². The number of aromatic nitrogens is 1. The summed E-state index contributed by atoms with van der Waals surface area (Å²) >= 11 is 0. The van der Waals surface area contributed by atoms with Crippen molar-refractivity contribution in [2.24, 2.45) is 5.92 Å². The number of carbonyl (C=O) groups excluding carboxylic acids is 3. The van der Waals surface area contributed by atoms with Crippen molar-refractivity contribution in [1.82, 2.24) is 15.6 Å². The Morgan fingerprint density at radius 3 is 2.44 bits per heavy atom. The summed E-state index contributed by atoms with van der Waals surface area (Å²) in [6.07, 6.45) is 1.94. The van der Waals surface area contributed by atoms with E-state index in [9.17, 15) is 14.4 Å². The van der Waals surface area contributed by atoms with Crippen molar-refractivity contribution in [3.63, 3.8) is 0 Å². The molecule has 2 aromatic carbocycles. The van der Waals surface area contributed by atoms with Gasteiger partial charge in [0.2, 0.25) is 11.8 Å². The molecule has 186 valence electrons. The molecule has 3 N–H and O–H groups in total. The monoisotopic (exact) mass is 485 g/mol. The van der Waals surface area contributed by atoms with Crippen LogP contribution in [0.3, 0.4) is 0 Å². The zero-order valence-corrected chi connectivity index (χ0v) is 20.7. The van der Waals surface area contributed by atoms with Crippen LogP contribution in [0.25, 0.3) is 11.1 Å². The Bertz CT molecular complexity index is 1240. The summed E-state index contributed by atoms with van der Waals surface area (Å²) in [5, 5.41) is 8.65. The van der Waals surface area contributed by atoms with E-state index in [1.807, 2.05) is 74.5 Å². The second kappa shape index (κ2) is 11.1. The fraction of sp³-hybridized carbons (Fsp3) is 0.286. The molecule has 0 bridgehead atoms. The number of nitrogens with zero attached hydrogens (tertiary/aromatic N) is 2. The van der Waals surface area contributed by atoms with Gasteiger partial charge in [-0.05, 0) is 36.2 Å². The molecule has 3 amide bonds. The van der Waals surface area contributed by atoms with Crippen LogP contribution in [-0.2, 0) is 20.8 Å². The molecule has 8 heteroatoms. The number of amides is 3. The molecule has 0 aliphatic carbocycles. The predicted molar refractivity (Wildman–Crippen MR) is 140 cm³/mol. The molecular formula is C28H31N5O3. The van der Waals surface area contributed by atoms with Gasteiger partial charge < -0.3 is 16.0 Å². The number of anilines is 2. The van der Waals surface area contributed by atoms with Crippen molar-refractivity contribution in [1.29, 1.82) is 0 Å². The highest BCUT2D eigenvalue weighted by molar-refractivity contribution is 6.09. The number of hydrogen-bond donors (Lipinski definition) is 3. The lowest BCUT2D eigenvalue weighted by atomic mass is 10.0. The largest absolute Gasteiger partial charge is 0.343 e. The van der Waals surface area contributed by atoms with Crippen molar-refractivity contribution < 1.29 is 14.4 Å². The average molecular weight is 486 g/mol. The molecule has 8 nitrogen and oxygen atoms in total. The maximum atomic E-state index is 13.8. The number of hydrogen-bond acceptors (Lipinski definition) is 5. The first-order valence-corrected chi connectivity index (χ1v) is 12.1. The minimum atomic E-state index is -0.800. The number of likely N-dealkylation sites (N-methyl/N-ethyl adjacent to an activating group) is 1. The molecule has 4 rings (SSSR count). The summed E-state index contributed by atoms with van der Waals surface area (Å²) in [7, 11) is 1.67. The van der Waals surface area contributed by atoms with Crippen molar-refractivity contribution in [3.8, 4) is 11.1 Å². The summed E-state index contributed by atoms with van der Waals surface area (Å²) in [6, 6.07) is 19.5. The quantitative estimate of drug-likeness (QED) is 0.455. The van der Waals surface area contributed by atoms with Crippen molar-refractivity contribution in [2.45, 2.75) is 32.4 Å². The molecule has 1 aliphatic heterocycles. The number of rotatable bonds is 8. The number of carbonyl (C=O) groups is 3. The molecule has 0 saturated heterocycles. The Hall–Kier alpha value is -4.04. The van der Waals surface area contributed by atoms with Crippen molar-refractivity contribution in [2.75, 3.05) is 23.8 Å². The van der Waals surface area contributed by atoms with E-state index in [4.69, 9.17) is 0 Å². The van der Waals surface area contributed by atoms with Crippen LogP contribution >= 0.6 is 0 Å². The second-order valence-corrected chi connectivity index (χ2v) is 9.13. The number of pyridine rings is 1. The summed E-state index contributed by atoms with van der Waals surface area (Å²) in [6.45, 7) is 3.82. The number of fused-ring (bicyclic) bond motifs is 1. The highest BCUT2D eigenvalue weighted by Gasteiger charge is 2.43. The zero-order valence-electron chi connectivity index (χ0n) is 20.7. The van der Waals surface area contributed by atoms with E-state index in [1.165, 1.54) is 4.90 Å². The standard InChI is InChI=1S/C28H31N5O3/c1-18(2)25(32-24(34)17-29-3)28(36)33-23(16-20-12-9-15-30-26(20)33)27(35)31-22-14-8-7-13-21(22)19-10-5-4-6-11-19/h4-15,18,23,25,29H,16-17H2,1-3H3,(H,31,35)(H,32,34). The lowest BCUT2D eigenvalue weighted by molar-refractivity contribution is -0.129. The first-order chi connectivity index (χ1) is 17.4. The van der Waals surface area contributed by atoms with Gasteiger partial charge in [0.15, 0.2) is 0 Å². The first-order valence-electron chi connectivity index (χ1n) is 12.1. The van der Waals surface area contributed by atoms with Crippen molar-refractivity contribution >= 4 is 29.2 Å². The van der Waals surface area contributed by atoms with Crippen LogP contribution in [-0.4, -0.2) is 48.4 Å². The topological polar surface area (TPSA) is 103 Å². The van der Waals surface area contributed by atoms with Gasteiger partial charge in [-0.1, -0.05) is 68.4 Å². The molecule has 1 aromatic heterocycles. The maximum Gasteiger partial charge on any atom is 0.251 e. The molecule has 2 heterocycles. The van der Waals surface area contributed by atoms with Gasteiger partial charge in [0.25, 0.3) is 5.91 Å². The maximum absolute atomic E-state index is 13.8. The Kier molecular flexibility index (Phi) is 7.75. The third-order valence-corrected chi connectivity index (χ3v) is 6.22. The molecule has 2 atom stereocenters. The van der Waals surface area contributed by atoms with Gasteiger partial charge in [0.05, 0.1) is 6.54 Å². The zero-order chi connectivity index (χ0) is 25.7. The number of nitrogens with one attached hydrogen (secondary N) is 3. The summed E-state index contributed by atoms with van der Waals surface area (Å²) in [4.78, 5) is 45.7. The van der Waals surface area contributed by atoms with Crippen LogP contribution in [0.4, 0.5) is 11.5 Å². The average Bonchev–Trinajstić information content (AvgIpc) is 3.28. The predicted octanol–water partition coefficient (Wildman–Crippen LogP) is 3.01. The number of para-hydroxylation sites is 1. The lowest BCUT2D eigenvalue weighted by Gasteiger charge is -2.30. The van der Waals surface area contributed by atoms with E-state index < -0.39 is 12.1 Å². The fourth-order valence-corrected chi connectivity index (χ4v) is 4.45. The Morgan fingerprint density at radius 1 is 1.00 bits per heavy atom. The van der Waals surface area contributed by atoms with E-state index in [2.05, 4.69) is 20.9 Å². The van der Waals surface area contributed by atoms with E-state index >= 15 is 0 Å². The van der Waals surface area contributed by atoms with Gasteiger partial charge in [0.1, 0.15) is 17.9 Å². The Balaban J connectivity index is 1.64. The highest BCUT2D eigenvalue weighted by atomic mass is 16.2. The van der Waals surface area contributed by atoms with Gasteiger partial charge in [-0.15, -0.1) is 0 Å². The molecular weight excluding hydrogens is 454 g/mol. The van der Waals surface area contributed by atoms with E-state index in [-0.39, 0.29) is 30.2 Å². The van der Waals surface area contributed by atoms with Crippen LogP contribution in [0.1, 0.15) is 19.4 Å². The molecule has 0 spiro atoms. The smallest absolute Gasteiger partial charge is 0.251 e. The van der Waals surface area contributed by atoms with Crippen LogP contribution < -0.4 is 20.9 Å². The molecule has 2 unspecified atom stereocenters. The van der Waals surface area contributed by atoms with Gasteiger partial charge >= 0.3 is 0 Å². The summed E-state index contributed by atoms with van der Waals surface area (Å²) in [5.74, 6) is -0.693. The Morgan fingerprint density at radius 2 is 1.72 bits per heavy atom. The molecule has 1 aliphatic rings. The number of benzene rings is 2. The summed E-state index contributed by atoms with van der Waals surface area (Å²) in [5.41, 5.74) is 3.33. The molecule has 0 fully saturated rings. The van der Waals surface area contributed by atoms with Gasteiger partial charge in [-0.3, -0.25) is 19.3 Å². The third-order valence-electron chi connectivity index (χ3n) is 6.22. The molecule has 0 saturated carbocycles. The van der Waals surface area contributed by atoms with Crippen molar-refractivity contribution in [3.05, 3.63) is 78.5 Å². The Labute approximate surface area is 211 Å². The fourth-order valence-electron chi connectivity index (χ4n) is 4.45. The van der Waals surface area contributed by atoms with E-state index in [1.54, 1.807) is 19.3 Å². The second-order valence-electron chi connectivity index (χ2n) is 9.13. The van der Waals surface area contributed by atoms with Gasteiger partial charge in [-0.2, -0.15) is 0 Å². The van der Waals surface area contributed by atoms with Gasteiger partial charge in [0, 0.05) is 23.9 Å². The molecule has 36 heavy (non-hydrogen) atoms. The summed E-state index contributed by atoms with van der Waals surface area (Å²) < 4.78 is 0. The SMILES string of the molecule is CNCC(=O)NC(C(=O)N1c2ncccc2CC1C(=O)Nc1ccccc1-c1ccccc1)C(C)C. The van der Waals surface area contributed by atoms with E-state index in [0.717, 1.165) is 16.7 Å². The normalized spacial score (nSPS) is 15.3. The van der Waals surface area contributed by atoms with Crippen LogP contribution in [0.5, 0.6) is 0 Å². The minimum absolute atomic E-state index is 0.0888.